The monoisotopic (exact) mass is 791 g/mol. The quantitative estimate of drug-likeness (QED) is 0.0131. The van der Waals surface area contributed by atoms with Crippen LogP contribution in [-0.2, 0) is 40.0 Å². The average Bonchev–Trinajstić information content (AvgIpc) is 3.20. The molecule has 57 heavy (non-hydrogen) atoms. The van der Waals surface area contributed by atoms with Crippen LogP contribution in [0.2, 0.25) is 0 Å². The van der Waals surface area contributed by atoms with Gasteiger partial charge in [-0.25, -0.2) is 16.3 Å². The molecule has 0 spiro atoms. The molecule has 0 saturated heterocycles. The van der Waals surface area contributed by atoms with Gasteiger partial charge < -0.3 is 31.1 Å². The number of unbranched alkanes of at least 4 members (excludes halogenated alkanes) is 2. The highest BCUT2D eigenvalue weighted by Gasteiger charge is 2.40. The fraction of sp³-hybridized carbons (Fsp3) is 0.450. The van der Waals surface area contributed by atoms with Crippen molar-refractivity contribution in [3.63, 3.8) is 0 Å². The van der Waals surface area contributed by atoms with E-state index in [1.165, 1.54) is 5.48 Å². The molecule has 0 radical (unpaired) electrons. The van der Waals surface area contributed by atoms with Crippen molar-refractivity contribution >= 4 is 47.9 Å². The number of benzene rings is 2. The predicted molar refractivity (Wildman–Crippen MR) is 207 cm³/mol. The molecule has 0 aliphatic rings. The van der Waals surface area contributed by atoms with Crippen LogP contribution < -0.4 is 27.7 Å². The maximum Gasteiger partial charge on any atom is 0.272 e. The standard InChI is InChI=1S/C40H53N7O10/c1-4-5-7-15-35(51)43-20-11-10-14-30(24-48)47(42)46(31(25-49)22-27-16-18-29(19-17-27)36(52)28-12-8-6-9-13-28)40(56)33(23-34(41)50)44-38(54)32(21-26(2)3)37(53)39(55)45-57/h1,6,8-9,12-13,16-19,24-26,30-33,37,53,57H,5,7,10-11,14-15,20-23,42H2,2-3H3,(H2,41,50)(H,43,51)(H,44,54)(H,45,55). The molecule has 5 amide bonds. The van der Waals surface area contributed by atoms with Crippen LogP contribution in [0, 0.1) is 24.2 Å². The number of nitrogens with zero attached hydrogens (tertiary/aromatic N) is 2. The Bertz CT molecular complexity index is 1720. The molecule has 0 saturated carbocycles. The van der Waals surface area contributed by atoms with Crippen molar-refractivity contribution in [3.8, 4) is 12.3 Å². The molecule has 0 fully saturated rings. The first-order valence-electron chi connectivity index (χ1n) is 18.6. The van der Waals surface area contributed by atoms with Crippen LogP contribution in [-0.4, -0.2) is 99.1 Å². The third-order valence-electron chi connectivity index (χ3n) is 8.96. The maximum atomic E-state index is 14.5. The molecule has 308 valence electrons. The number of rotatable bonds is 26. The van der Waals surface area contributed by atoms with E-state index in [1.54, 1.807) is 68.4 Å². The lowest BCUT2D eigenvalue weighted by Crippen LogP contribution is -2.65. The first-order chi connectivity index (χ1) is 27.2. The highest BCUT2D eigenvalue weighted by Crippen LogP contribution is 2.20. The van der Waals surface area contributed by atoms with Gasteiger partial charge in [0.05, 0.1) is 12.3 Å². The molecule has 17 heteroatoms. The number of hydrogen-bond acceptors (Lipinski definition) is 12. The van der Waals surface area contributed by atoms with Crippen LogP contribution in [0.1, 0.15) is 86.7 Å². The zero-order valence-electron chi connectivity index (χ0n) is 32.2. The molecule has 0 aliphatic heterocycles. The lowest BCUT2D eigenvalue weighted by atomic mass is 9.90. The van der Waals surface area contributed by atoms with Crippen molar-refractivity contribution in [2.75, 3.05) is 6.54 Å². The molecule has 0 aromatic heterocycles. The zero-order valence-corrected chi connectivity index (χ0v) is 32.2. The Kier molecular flexibility index (Phi) is 20.5. The van der Waals surface area contributed by atoms with Crippen LogP contribution in [0.4, 0.5) is 0 Å². The Morgan fingerprint density at radius 3 is 2.09 bits per heavy atom. The number of nitrogens with one attached hydrogen (secondary N) is 3. The molecular formula is C40H53N7O10. The number of amides is 5. The van der Waals surface area contributed by atoms with Gasteiger partial charge in [-0.1, -0.05) is 68.4 Å². The Hall–Kier alpha value is -5.80. The summed E-state index contributed by atoms with van der Waals surface area (Å²) in [5.74, 6) is 2.16. The lowest BCUT2D eigenvalue weighted by Gasteiger charge is -2.40. The van der Waals surface area contributed by atoms with Gasteiger partial charge in [-0.2, -0.15) is 0 Å². The van der Waals surface area contributed by atoms with Crippen LogP contribution in [0.15, 0.2) is 54.6 Å². The summed E-state index contributed by atoms with van der Waals surface area (Å²) in [6, 6.07) is 10.3. The number of carbonyl (C=O) groups excluding carboxylic acids is 8. The largest absolute Gasteiger partial charge is 0.382 e. The summed E-state index contributed by atoms with van der Waals surface area (Å²) in [5.41, 5.74) is 8.02. The van der Waals surface area contributed by atoms with Gasteiger partial charge >= 0.3 is 0 Å². The second-order valence-electron chi connectivity index (χ2n) is 13.9. The second-order valence-corrected chi connectivity index (χ2v) is 13.9. The number of terminal acetylenes is 1. The lowest BCUT2D eigenvalue weighted by molar-refractivity contribution is -0.169. The Morgan fingerprint density at radius 1 is 0.895 bits per heavy atom. The molecular weight excluding hydrogens is 738 g/mol. The molecule has 2 rings (SSSR count). The van der Waals surface area contributed by atoms with Gasteiger partial charge in [0.25, 0.3) is 11.8 Å². The van der Waals surface area contributed by atoms with Crippen molar-refractivity contribution in [3.05, 3.63) is 71.3 Å². The molecule has 9 N–H and O–H groups in total. The molecule has 17 nitrogen and oxygen atoms in total. The third kappa shape index (κ3) is 15.3. The molecule has 0 bridgehead atoms. The van der Waals surface area contributed by atoms with E-state index >= 15 is 0 Å². The van der Waals surface area contributed by atoms with Gasteiger partial charge in [0, 0.05) is 36.9 Å². The molecule has 5 atom stereocenters. The number of hydrogen-bond donors (Lipinski definition) is 7. The van der Waals surface area contributed by atoms with Crippen molar-refractivity contribution in [1.82, 2.24) is 26.2 Å². The number of ketones is 1. The minimum absolute atomic E-state index is 0.0460. The highest BCUT2D eigenvalue weighted by atomic mass is 16.5. The van der Waals surface area contributed by atoms with Gasteiger partial charge in [-0.3, -0.25) is 34.0 Å². The summed E-state index contributed by atoms with van der Waals surface area (Å²) in [6.07, 6.45) is 4.92. The topological polar surface area (TPSA) is 272 Å². The van der Waals surface area contributed by atoms with E-state index in [0.29, 0.717) is 54.9 Å². The number of nitrogens with two attached hydrogens (primary N) is 2. The predicted octanol–water partition coefficient (Wildman–Crippen LogP) is 0.493. The highest BCUT2D eigenvalue weighted by molar-refractivity contribution is 6.09. The third-order valence-corrected chi connectivity index (χ3v) is 8.96. The number of aliphatic hydroxyl groups is 1. The van der Waals surface area contributed by atoms with Gasteiger partial charge in [-0.05, 0) is 43.6 Å². The first-order valence-corrected chi connectivity index (χ1v) is 18.6. The van der Waals surface area contributed by atoms with E-state index in [-0.39, 0.29) is 49.8 Å². The summed E-state index contributed by atoms with van der Waals surface area (Å²) in [6.45, 7) is 3.66. The van der Waals surface area contributed by atoms with E-state index < -0.39 is 60.2 Å². The van der Waals surface area contributed by atoms with Crippen molar-refractivity contribution in [1.29, 1.82) is 0 Å². The number of aldehydes is 2. The number of aliphatic hydroxyl groups excluding tert-OH is 1. The Labute approximate surface area is 331 Å². The number of primary amides is 1. The second kappa shape index (κ2) is 24.7. The van der Waals surface area contributed by atoms with E-state index in [0.717, 1.165) is 10.1 Å². The Balaban J connectivity index is 2.47. The van der Waals surface area contributed by atoms with Crippen molar-refractivity contribution < 1.29 is 48.7 Å². The van der Waals surface area contributed by atoms with Crippen LogP contribution in [0.25, 0.3) is 0 Å². The SMILES string of the molecule is C#CCCCC(=O)NCCCCC(C=O)N(N)N(C(=O)C(CC(N)=O)NC(=O)C(CC(C)C)C(O)C(=O)NO)C(C=O)Cc1ccc(C(=O)c2ccccc2)cc1. The summed E-state index contributed by atoms with van der Waals surface area (Å²) >= 11 is 0. The molecule has 0 aliphatic carbocycles. The van der Waals surface area contributed by atoms with Gasteiger partial charge in [0.1, 0.15) is 36.8 Å². The Morgan fingerprint density at radius 2 is 1.53 bits per heavy atom. The number of carbonyl (C=O) groups is 8. The fourth-order valence-corrected chi connectivity index (χ4v) is 5.97. The first kappa shape index (κ1) is 47.4. The van der Waals surface area contributed by atoms with Gasteiger partial charge in [-0.15, -0.1) is 17.5 Å². The van der Waals surface area contributed by atoms with Gasteiger partial charge in [0.2, 0.25) is 17.7 Å². The van der Waals surface area contributed by atoms with Crippen molar-refractivity contribution in [2.45, 2.75) is 95.9 Å². The maximum absolute atomic E-state index is 14.5. The van der Waals surface area contributed by atoms with Crippen LogP contribution in [0.5, 0.6) is 0 Å². The van der Waals surface area contributed by atoms with E-state index in [9.17, 15) is 43.5 Å². The average molecular weight is 792 g/mol. The molecule has 5 unspecified atom stereocenters. The van der Waals surface area contributed by atoms with E-state index in [2.05, 4.69) is 16.6 Å². The molecule has 2 aromatic carbocycles. The van der Waals surface area contributed by atoms with Crippen LogP contribution in [0.3, 0.4) is 0 Å². The minimum Gasteiger partial charge on any atom is -0.382 e. The fourth-order valence-electron chi connectivity index (χ4n) is 5.97. The normalized spacial score (nSPS) is 13.6. The molecule has 0 heterocycles. The minimum atomic E-state index is -2.06. The summed E-state index contributed by atoms with van der Waals surface area (Å²) in [4.78, 5) is 103. The molecule has 2 aromatic rings. The zero-order chi connectivity index (χ0) is 42.5. The summed E-state index contributed by atoms with van der Waals surface area (Å²) in [5, 5.41) is 26.2. The smallest absolute Gasteiger partial charge is 0.272 e. The number of hydroxylamine groups is 1. The van der Waals surface area contributed by atoms with Crippen molar-refractivity contribution in [2.24, 2.45) is 23.4 Å². The summed E-state index contributed by atoms with van der Waals surface area (Å²) < 4.78 is 0. The van der Waals surface area contributed by atoms with Gasteiger partial charge in [0.15, 0.2) is 5.78 Å². The van der Waals surface area contributed by atoms with E-state index in [1.807, 2.05) is 0 Å². The number of hydrazine groups is 2. The van der Waals surface area contributed by atoms with E-state index in [4.69, 9.17) is 23.2 Å². The van der Waals surface area contributed by atoms with Crippen LogP contribution >= 0.6 is 0 Å². The summed E-state index contributed by atoms with van der Waals surface area (Å²) in [7, 11) is 0.